The molecule has 8 heteroatoms. The summed E-state index contributed by atoms with van der Waals surface area (Å²) in [4.78, 5) is 16.0. The predicted molar refractivity (Wildman–Crippen MR) is 80.1 cm³/mol. The Kier molecular flexibility index (Phi) is 5.73. The van der Waals surface area contributed by atoms with Crippen molar-refractivity contribution in [3.05, 3.63) is 59.4 Å². The minimum absolute atomic E-state index is 0.307. The van der Waals surface area contributed by atoms with Gasteiger partial charge >= 0.3 is 0 Å². The van der Waals surface area contributed by atoms with Crippen molar-refractivity contribution in [2.45, 2.75) is 13.5 Å². The molecule has 128 valence electrons. The standard InChI is InChI=1S/C16H15F4N3O/c1-2-23(9-10-6-4-3-5-7-10)11(24)8-21-14-12(17)15(19)22-16(20)13(14)18/h3-7H,2,8-9H2,1H3,(H,21,22). The van der Waals surface area contributed by atoms with Crippen molar-refractivity contribution in [3.8, 4) is 0 Å². The summed E-state index contributed by atoms with van der Waals surface area (Å²) in [5.74, 6) is -7.38. The SMILES string of the molecule is CCN(Cc1ccccc1)C(=O)CNc1c(F)c(F)nc(F)c1F. The number of hydrogen-bond donors (Lipinski definition) is 1. The highest BCUT2D eigenvalue weighted by Crippen LogP contribution is 2.21. The lowest BCUT2D eigenvalue weighted by Crippen LogP contribution is -2.35. The molecular formula is C16H15F4N3O. The summed E-state index contributed by atoms with van der Waals surface area (Å²) in [6.07, 6.45) is 0. The monoisotopic (exact) mass is 341 g/mol. The van der Waals surface area contributed by atoms with Crippen LogP contribution in [-0.4, -0.2) is 28.9 Å². The molecule has 24 heavy (non-hydrogen) atoms. The zero-order valence-electron chi connectivity index (χ0n) is 12.8. The summed E-state index contributed by atoms with van der Waals surface area (Å²) >= 11 is 0. The number of carbonyl (C=O) groups is 1. The number of halogens is 4. The molecule has 1 aromatic carbocycles. The molecule has 4 nitrogen and oxygen atoms in total. The van der Waals surface area contributed by atoms with Crippen LogP contribution < -0.4 is 5.32 Å². The molecule has 0 bridgehead atoms. The number of rotatable bonds is 6. The predicted octanol–water partition coefficient (Wildman–Crippen LogP) is 3.10. The van der Waals surface area contributed by atoms with E-state index in [0.717, 1.165) is 5.56 Å². The third kappa shape index (κ3) is 4.01. The van der Waals surface area contributed by atoms with Crippen LogP contribution in [0.5, 0.6) is 0 Å². The molecule has 1 aromatic heterocycles. The second kappa shape index (κ2) is 7.76. The van der Waals surface area contributed by atoms with Crippen LogP contribution in [0, 0.1) is 23.5 Å². The van der Waals surface area contributed by atoms with Crippen LogP contribution in [0.15, 0.2) is 30.3 Å². The van der Waals surface area contributed by atoms with Crippen molar-refractivity contribution in [1.29, 1.82) is 0 Å². The zero-order valence-corrected chi connectivity index (χ0v) is 12.8. The third-order valence-electron chi connectivity index (χ3n) is 3.36. The second-order valence-corrected chi connectivity index (χ2v) is 4.94. The highest BCUT2D eigenvalue weighted by Gasteiger charge is 2.22. The lowest BCUT2D eigenvalue weighted by Gasteiger charge is -2.21. The van der Waals surface area contributed by atoms with E-state index in [4.69, 9.17) is 0 Å². The van der Waals surface area contributed by atoms with E-state index in [1.807, 2.05) is 30.3 Å². The normalized spacial score (nSPS) is 10.5. The molecule has 0 atom stereocenters. The Morgan fingerprint density at radius 3 is 2.21 bits per heavy atom. The van der Waals surface area contributed by atoms with Crippen LogP contribution in [0.25, 0.3) is 0 Å². The van der Waals surface area contributed by atoms with Crippen LogP contribution in [0.4, 0.5) is 23.2 Å². The van der Waals surface area contributed by atoms with Gasteiger partial charge in [0, 0.05) is 13.1 Å². The topological polar surface area (TPSA) is 45.2 Å². The van der Waals surface area contributed by atoms with Gasteiger partial charge < -0.3 is 10.2 Å². The summed E-state index contributed by atoms with van der Waals surface area (Å²) < 4.78 is 53.0. The van der Waals surface area contributed by atoms with E-state index in [0.29, 0.717) is 13.1 Å². The Balaban J connectivity index is 2.07. The molecular weight excluding hydrogens is 326 g/mol. The van der Waals surface area contributed by atoms with E-state index in [1.54, 1.807) is 6.92 Å². The number of amides is 1. The average Bonchev–Trinajstić information content (AvgIpc) is 2.58. The van der Waals surface area contributed by atoms with Crippen molar-refractivity contribution < 1.29 is 22.4 Å². The smallest absolute Gasteiger partial charge is 0.253 e. The molecule has 2 rings (SSSR count). The van der Waals surface area contributed by atoms with E-state index in [-0.39, 0.29) is 0 Å². The molecule has 0 aliphatic carbocycles. The zero-order chi connectivity index (χ0) is 17.7. The molecule has 0 aliphatic rings. The summed E-state index contributed by atoms with van der Waals surface area (Å²) in [5.41, 5.74) is -0.171. The van der Waals surface area contributed by atoms with Crippen LogP contribution >= 0.6 is 0 Å². The fourth-order valence-corrected chi connectivity index (χ4v) is 2.10. The van der Waals surface area contributed by atoms with Gasteiger partial charge in [-0.25, -0.2) is 0 Å². The number of aromatic nitrogens is 1. The molecule has 0 saturated carbocycles. The quantitative estimate of drug-likeness (QED) is 0.649. The van der Waals surface area contributed by atoms with Gasteiger partial charge in [-0.2, -0.15) is 22.5 Å². The van der Waals surface area contributed by atoms with E-state index in [9.17, 15) is 22.4 Å². The van der Waals surface area contributed by atoms with E-state index in [2.05, 4.69) is 10.3 Å². The maximum atomic E-state index is 13.5. The largest absolute Gasteiger partial charge is 0.371 e. The van der Waals surface area contributed by atoms with Crippen molar-refractivity contribution in [3.63, 3.8) is 0 Å². The first-order valence-electron chi connectivity index (χ1n) is 7.19. The number of hydrogen-bond acceptors (Lipinski definition) is 3. The molecule has 1 amide bonds. The number of pyridine rings is 1. The van der Waals surface area contributed by atoms with Crippen molar-refractivity contribution in [2.75, 3.05) is 18.4 Å². The highest BCUT2D eigenvalue weighted by molar-refractivity contribution is 5.80. The Bertz CT molecular complexity index is 699. The molecule has 0 saturated heterocycles. The first-order valence-corrected chi connectivity index (χ1v) is 7.19. The first-order chi connectivity index (χ1) is 11.4. The number of benzene rings is 1. The van der Waals surface area contributed by atoms with Gasteiger partial charge in [0.2, 0.25) is 17.5 Å². The van der Waals surface area contributed by atoms with Gasteiger partial charge in [0.1, 0.15) is 5.69 Å². The third-order valence-corrected chi connectivity index (χ3v) is 3.36. The minimum Gasteiger partial charge on any atom is -0.371 e. The number of nitrogens with zero attached hydrogens (tertiary/aromatic N) is 2. The lowest BCUT2D eigenvalue weighted by molar-refractivity contribution is -0.129. The van der Waals surface area contributed by atoms with Gasteiger partial charge in [0.05, 0.1) is 6.54 Å². The Hall–Kier alpha value is -2.64. The molecule has 1 N–H and O–H groups in total. The molecule has 2 aromatic rings. The van der Waals surface area contributed by atoms with Gasteiger partial charge in [-0.15, -0.1) is 0 Å². The molecule has 0 spiro atoms. The summed E-state index contributed by atoms with van der Waals surface area (Å²) in [6.45, 7) is 1.90. The Morgan fingerprint density at radius 2 is 1.67 bits per heavy atom. The number of anilines is 1. The minimum atomic E-state index is -1.78. The maximum absolute atomic E-state index is 13.5. The highest BCUT2D eigenvalue weighted by atomic mass is 19.2. The van der Waals surface area contributed by atoms with Gasteiger partial charge in [0.25, 0.3) is 11.9 Å². The molecule has 0 fully saturated rings. The summed E-state index contributed by atoms with van der Waals surface area (Å²) in [7, 11) is 0. The molecule has 0 aliphatic heterocycles. The summed E-state index contributed by atoms with van der Waals surface area (Å²) in [5, 5.41) is 2.10. The first kappa shape index (κ1) is 17.7. The van der Waals surface area contributed by atoms with E-state index >= 15 is 0 Å². The van der Waals surface area contributed by atoms with Gasteiger partial charge in [-0.3, -0.25) is 4.79 Å². The van der Waals surface area contributed by atoms with E-state index in [1.165, 1.54) is 4.90 Å². The second-order valence-electron chi connectivity index (χ2n) is 4.94. The number of carbonyl (C=O) groups excluding carboxylic acids is 1. The van der Waals surface area contributed by atoms with Crippen molar-refractivity contribution in [2.24, 2.45) is 0 Å². The van der Waals surface area contributed by atoms with Crippen LogP contribution in [0.1, 0.15) is 12.5 Å². The molecule has 0 unspecified atom stereocenters. The molecule has 1 heterocycles. The Morgan fingerprint density at radius 1 is 1.08 bits per heavy atom. The van der Waals surface area contributed by atoms with Gasteiger partial charge in [-0.05, 0) is 12.5 Å². The fraction of sp³-hybridized carbons (Fsp3) is 0.250. The van der Waals surface area contributed by atoms with Crippen molar-refractivity contribution in [1.82, 2.24) is 9.88 Å². The van der Waals surface area contributed by atoms with Crippen LogP contribution in [-0.2, 0) is 11.3 Å². The van der Waals surface area contributed by atoms with Crippen molar-refractivity contribution >= 4 is 11.6 Å². The van der Waals surface area contributed by atoms with Crippen LogP contribution in [0.3, 0.4) is 0 Å². The van der Waals surface area contributed by atoms with Gasteiger partial charge in [0.15, 0.2) is 0 Å². The maximum Gasteiger partial charge on any atom is 0.253 e. The van der Waals surface area contributed by atoms with Gasteiger partial charge in [-0.1, -0.05) is 30.3 Å². The van der Waals surface area contributed by atoms with E-state index < -0.39 is 41.7 Å². The number of nitrogens with one attached hydrogen (secondary N) is 1. The Labute approximate surface area is 136 Å². The fourth-order valence-electron chi connectivity index (χ4n) is 2.10. The average molecular weight is 341 g/mol. The molecule has 0 radical (unpaired) electrons. The van der Waals surface area contributed by atoms with Crippen LogP contribution in [0.2, 0.25) is 0 Å². The number of likely N-dealkylation sites (N-methyl/N-ethyl adjacent to an activating group) is 1. The lowest BCUT2D eigenvalue weighted by atomic mass is 10.2. The summed E-state index contributed by atoms with van der Waals surface area (Å²) in [6, 6.07) is 9.13.